The minimum atomic E-state index is -0.264. The fourth-order valence-electron chi connectivity index (χ4n) is 2.08. The maximum Gasteiger partial charge on any atom is 0.256 e. The number of nitrogens with one attached hydrogen (secondary N) is 2. The summed E-state index contributed by atoms with van der Waals surface area (Å²) in [6.45, 7) is 6.06. The second kappa shape index (κ2) is 8.11. The molecule has 0 aromatic heterocycles. The molecule has 1 atom stereocenters. The van der Waals surface area contributed by atoms with E-state index in [9.17, 15) is 9.59 Å². The average Bonchev–Trinajstić information content (AvgIpc) is 2.55. The third kappa shape index (κ3) is 4.45. The van der Waals surface area contributed by atoms with Crippen LogP contribution in [0.1, 0.15) is 41.5 Å². The van der Waals surface area contributed by atoms with Gasteiger partial charge in [-0.3, -0.25) is 9.59 Å². The highest BCUT2D eigenvalue weighted by Gasteiger charge is 2.17. The van der Waals surface area contributed by atoms with Crippen molar-refractivity contribution in [1.82, 2.24) is 5.32 Å². The highest BCUT2D eigenvalue weighted by Crippen LogP contribution is 2.20. The molecule has 0 heterocycles. The van der Waals surface area contributed by atoms with Crippen molar-refractivity contribution in [2.75, 3.05) is 5.32 Å². The summed E-state index contributed by atoms with van der Waals surface area (Å²) in [5, 5.41) is 5.78. The number of amides is 2. The van der Waals surface area contributed by atoms with Crippen LogP contribution in [0.4, 0.5) is 5.69 Å². The third-order valence-electron chi connectivity index (χ3n) is 3.90. The quantitative estimate of drug-likeness (QED) is 0.793. The Labute approximate surface area is 150 Å². The van der Waals surface area contributed by atoms with Crippen molar-refractivity contribution < 1.29 is 9.59 Å². The molecule has 0 radical (unpaired) electrons. The van der Waals surface area contributed by atoms with Crippen LogP contribution in [0.15, 0.2) is 53.0 Å². The van der Waals surface area contributed by atoms with Gasteiger partial charge in [-0.15, -0.1) is 0 Å². The van der Waals surface area contributed by atoms with Gasteiger partial charge in [0.1, 0.15) is 0 Å². The van der Waals surface area contributed by atoms with Gasteiger partial charge in [0, 0.05) is 10.5 Å². The number of benzene rings is 2. The Bertz CT molecular complexity index is 744. The Morgan fingerprint density at radius 1 is 0.875 bits per heavy atom. The van der Waals surface area contributed by atoms with Crippen LogP contribution in [-0.2, 0) is 0 Å². The summed E-state index contributed by atoms with van der Waals surface area (Å²) in [6, 6.07) is 14.2. The lowest BCUT2D eigenvalue weighted by molar-refractivity contribution is 0.0931. The lowest BCUT2D eigenvalue weighted by Crippen LogP contribution is -2.36. The molecular formula is C19H21BrN2O2. The second-order valence-corrected chi connectivity index (χ2v) is 6.84. The van der Waals surface area contributed by atoms with E-state index in [-0.39, 0.29) is 17.9 Å². The SMILES string of the molecule is CC(C)C(C)NC(=O)c1ccccc1NC(=O)c1ccccc1Br. The van der Waals surface area contributed by atoms with Crippen molar-refractivity contribution in [3.8, 4) is 0 Å². The molecule has 0 spiro atoms. The zero-order valence-corrected chi connectivity index (χ0v) is 15.6. The summed E-state index contributed by atoms with van der Waals surface area (Å²) in [7, 11) is 0. The Balaban J connectivity index is 2.21. The monoisotopic (exact) mass is 388 g/mol. The first-order chi connectivity index (χ1) is 11.4. The minimum Gasteiger partial charge on any atom is -0.349 e. The van der Waals surface area contributed by atoms with Crippen molar-refractivity contribution in [2.45, 2.75) is 26.8 Å². The van der Waals surface area contributed by atoms with E-state index in [1.807, 2.05) is 26.8 Å². The smallest absolute Gasteiger partial charge is 0.256 e. The molecule has 0 aliphatic rings. The van der Waals surface area contributed by atoms with Gasteiger partial charge in [0.25, 0.3) is 11.8 Å². The molecule has 1 unspecified atom stereocenters. The topological polar surface area (TPSA) is 58.2 Å². The van der Waals surface area contributed by atoms with Gasteiger partial charge in [-0.25, -0.2) is 0 Å². The largest absolute Gasteiger partial charge is 0.349 e. The predicted octanol–water partition coefficient (Wildman–Crippen LogP) is 4.48. The molecule has 2 aromatic carbocycles. The van der Waals surface area contributed by atoms with Crippen molar-refractivity contribution in [3.63, 3.8) is 0 Å². The first-order valence-corrected chi connectivity index (χ1v) is 8.65. The van der Waals surface area contributed by atoms with Crippen LogP contribution in [-0.4, -0.2) is 17.9 Å². The van der Waals surface area contributed by atoms with Gasteiger partial charge in [-0.1, -0.05) is 38.1 Å². The van der Waals surface area contributed by atoms with Crippen LogP contribution in [0.25, 0.3) is 0 Å². The molecule has 2 N–H and O–H groups in total. The number of halogens is 1. The number of carbonyl (C=O) groups is 2. The van der Waals surface area contributed by atoms with Crippen LogP contribution in [0.3, 0.4) is 0 Å². The van der Waals surface area contributed by atoms with E-state index in [1.165, 1.54) is 0 Å². The van der Waals surface area contributed by atoms with Gasteiger partial charge in [-0.2, -0.15) is 0 Å². The van der Waals surface area contributed by atoms with E-state index in [0.717, 1.165) is 0 Å². The molecule has 0 bridgehead atoms. The Morgan fingerprint density at radius 3 is 2.08 bits per heavy atom. The molecule has 0 fully saturated rings. The summed E-state index contributed by atoms with van der Waals surface area (Å²) >= 11 is 3.37. The Hall–Kier alpha value is -2.14. The molecule has 0 saturated carbocycles. The van der Waals surface area contributed by atoms with Gasteiger partial charge >= 0.3 is 0 Å². The zero-order valence-electron chi connectivity index (χ0n) is 14.0. The van der Waals surface area contributed by atoms with Crippen molar-refractivity contribution >= 4 is 33.4 Å². The van der Waals surface area contributed by atoms with Crippen molar-refractivity contribution in [2.24, 2.45) is 5.92 Å². The highest BCUT2D eigenvalue weighted by atomic mass is 79.9. The Morgan fingerprint density at radius 2 is 1.46 bits per heavy atom. The molecule has 0 aliphatic carbocycles. The van der Waals surface area contributed by atoms with Crippen LogP contribution >= 0.6 is 15.9 Å². The molecule has 0 aliphatic heterocycles. The number of hydrogen-bond acceptors (Lipinski definition) is 2. The van der Waals surface area contributed by atoms with Crippen LogP contribution in [0, 0.1) is 5.92 Å². The fraction of sp³-hybridized carbons (Fsp3) is 0.263. The summed E-state index contributed by atoms with van der Waals surface area (Å²) in [4.78, 5) is 25.0. The van der Waals surface area contributed by atoms with E-state index in [4.69, 9.17) is 0 Å². The first-order valence-electron chi connectivity index (χ1n) is 7.86. The van der Waals surface area contributed by atoms with E-state index in [1.54, 1.807) is 42.5 Å². The van der Waals surface area contributed by atoms with Crippen LogP contribution < -0.4 is 10.6 Å². The molecule has 0 saturated heterocycles. The van der Waals surface area contributed by atoms with Crippen LogP contribution in [0.5, 0.6) is 0 Å². The number of anilines is 1. The molecular weight excluding hydrogens is 368 g/mol. The van der Waals surface area contributed by atoms with Gasteiger partial charge in [0.05, 0.1) is 16.8 Å². The van der Waals surface area contributed by atoms with Gasteiger partial charge in [0.2, 0.25) is 0 Å². The van der Waals surface area contributed by atoms with E-state index in [2.05, 4.69) is 26.6 Å². The average molecular weight is 389 g/mol. The molecule has 5 heteroatoms. The lowest BCUT2D eigenvalue weighted by atomic mass is 10.1. The zero-order chi connectivity index (χ0) is 17.7. The predicted molar refractivity (Wildman–Crippen MR) is 100 cm³/mol. The minimum absolute atomic E-state index is 0.0459. The van der Waals surface area contributed by atoms with Crippen molar-refractivity contribution in [3.05, 3.63) is 64.1 Å². The molecule has 24 heavy (non-hydrogen) atoms. The third-order valence-corrected chi connectivity index (χ3v) is 4.59. The van der Waals surface area contributed by atoms with Gasteiger partial charge in [0.15, 0.2) is 0 Å². The number of carbonyl (C=O) groups excluding carboxylic acids is 2. The van der Waals surface area contributed by atoms with E-state index >= 15 is 0 Å². The standard InChI is InChI=1S/C19H21BrN2O2/c1-12(2)13(3)21-19(24)15-9-5-7-11-17(15)22-18(23)14-8-4-6-10-16(14)20/h4-13H,1-3H3,(H,21,24)(H,22,23). The van der Waals surface area contributed by atoms with E-state index < -0.39 is 0 Å². The normalized spacial score (nSPS) is 11.9. The van der Waals surface area contributed by atoms with Gasteiger partial charge in [-0.05, 0) is 53.0 Å². The number of rotatable bonds is 5. The second-order valence-electron chi connectivity index (χ2n) is 5.99. The number of para-hydroxylation sites is 1. The molecule has 126 valence electrons. The molecule has 4 nitrogen and oxygen atoms in total. The fourth-order valence-corrected chi connectivity index (χ4v) is 2.54. The number of hydrogen-bond donors (Lipinski definition) is 2. The summed E-state index contributed by atoms with van der Waals surface area (Å²) in [5.74, 6) is -0.130. The highest BCUT2D eigenvalue weighted by molar-refractivity contribution is 9.10. The maximum absolute atomic E-state index is 12.5. The maximum atomic E-state index is 12.5. The summed E-state index contributed by atoms with van der Waals surface area (Å²) < 4.78 is 0.706. The summed E-state index contributed by atoms with van der Waals surface area (Å²) in [5.41, 5.74) is 1.46. The van der Waals surface area contributed by atoms with E-state index in [0.29, 0.717) is 27.2 Å². The Kier molecular flexibility index (Phi) is 6.15. The summed E-state index contributed by atoms with van der Waals surface area (Å²) in [6.07, 6.45) is 0. The van der Waals surface area contributed by atoms with Crippen LogP contribution in [0.2, 0.25) is 0 Å². The lowest BCUT2D eigenvalue weighted by Gasteiger charge is -2.19. The molecule has 2 rings (SSSR count). The molecule has 2 amide bonds. The molecule has 2 aromatic rings. The first kappa shape index (κ1) is 18.2. The van der Waals surface area contributed by atoms with Crippen molar-refractivity contribution in [1.29, 1.82) is 0 Å². The van der Waals surface area contributed by atoms with Gasteiger partial charge < -0.3 is 10.6 Å².